The Kier molecular flexibility index (Phi) is 7.67. The summed E-state index contributed by atoms with van der Waals surface area (Å²) in [6.45, 7) is 2.70. The Morgan fingerprint density at radius 2 is 1.89 bits per heavy atom. The summed E-state index contributed by atoms with van der Waals surface area (Å²) in [5, 5.41) is 13.7. The topological polar surface area (TPSA) is 118 Å². The minimum Gasteiger partial charge on any atom is -0.353 e. The van der Waals surface area contributed by atoms with Gasteiger partial charge >= 0.3 is 0 Å². The number of hydrogen-bond acceptors (Lipinski definition) is 5. The lowest BCUT2D eigenvalue weighted by Gasteiger charge is -2.09. The smallest absolute Gasteiger partial charge is 0.274 e. The summed E-state index contributed by atoms with van der Waals surface area (Å²) in [6, 6.07) is 10.7. The van der Waals surface area contributed by atoms with Gasteiger partial charge in [0.15, 0.2) is 0 Å². The third-order valence-electron chi connectivity index (χ3n) is 5.51. The van der Waals surface area contributed by atoms with Crippen LogP contribution in [0, 0.1) is 0 Å². The predicted octanol–water partition coefficient (Wildman–Crippen LogP) is 2.75. The normalized spacial score (nSPS) is 12.8. The van der Waals surface area contributed by atoms with Gasteiger partial charge in [-0.2, -0.15) is 5.10 Å². The zero-order chi connectivity index (χ0) is 24.6. The lowest BCUT2D eigenvalue weighted by Crippen LogP contribution is -2.36. The van der Waals surface area contributed by atoms with Crippen LogP contribution in [-0.2, 0) is 22.6 Å². The molecule has 0 saturated carbocycles. The number of rotatable bonds is 9. The SMILES string of the molecule is CCc1cccc(C(=O)Nc2ccc3nn(CC(=O)NCCNC(=O)C4=CCCC=C4)cc3c2)n1. The summed E-state index contributed by atoms with van der Waals surface area (Å²) in [6.07, 6.45) is 10.0. The molecular weight excluding hydrogens is 444 g/mol. The van der Waals surface area contributed by atoms with Crippen molar-refractivity contribution in [3.8, 4) is 0 Å². The quantitative estimate of drug-likeness (QED) is 0.414. The fraction of sp³-hybridized carbons (Fsp3) is 0.269. The number of aromatic nitrogens is 3. The zero-order valence-electron chi connectivity index (χ0n) is 19.6. The molecule has 1 aliphatic rings. The van der Waals surface area contributed by atoms with Crippen LogP contribution in [0.15, 0.2) is 66.4 Å². The van der Waals surface area contributed by atoms with E-state index in [-0.39, 0.29) is 24.3 Å². The van der Waals surface area contributed by atoms with Gasteiger partial charge in [0.25, 0.3) is 11.8 Å². The highest BCUT2D eigenvalue weighted by atomic mass is 16.2. The maximum Gasteiger partial charge on any atom is 0.274 e. The molecule has 0 unspecified atom stereocenters. The van der Waals surface area contributed by atoms with Crippen molar-refractivity contribution in [1.29, 1.82) is 0 Å². The van der Waals surface area contributed by atoms with E-state index in [0.717, 1.165) is 30.3 Å². The average Bonchev–Trinajstić information content (AvgIpc) is 3.28. The molecule has 1 aliphatic carbocycles. The summed E-state index contributed by atoms with van der Waals surface area (Å²) >= 11 is 0. The maximum absolute atomic E-state index is 12.5. The number of amides is 3. The lowest BCUT2D eigenvalue weighted by molar-refractivity contribution is -0.122. The van der Waals surface area contributed by atoms with Gasteiger partial charge in [0.05, 0.1) is 5.52 Å². The number of allylic oxidation sites excluding steroid dienone is 2. The molecule has 3 aromatic rings. The van der Waals surface area contributed by atoms with Crippen LogP contribution in [0.1, 0.15) is 35.9 Å². The fourth-order valence-electron chi connectivity index (χ4n) is 3.70. The van der Waals surface area contributed by atoms with Crippen molar-refractivity contribution in [1.82, 2.24) is 25.4 Å². The Morgan fingerprint density at radius 3 is 2.69 bits per heavy atom. The first-order chi connectivity index (χ1) is 17.0. The Hall–Kier alpha value is -4.27. The molecule has 0 radical (unpaired) electrons. The van der Waals surface area contributed by atoms with Gasteiger partial charge < -0.3 is 16.0 Å². The third-order valence-corrected chi connectivity index (χ3v) is 5.51. The van der Waals surface area contributed by atoms with Gasteiger partial charge in [-0.1, -0.05) is 31.2 Å². The van der Waals surface area contributed by atoms with Gasteiger partial charge in [0.1, 0.15) is 12.2 Å². The van der Waals surface area contributed by atoms with E-state index in [2.05, 4.69) is 26.0 Å². The number of aryl methyl sites for hydroxylation is 1. The first-order valence-corrected chi connectivity index (χ1v) is 11.7. The molecule has 0 bridgehead atoms. The first kappa shape index (κ1) is 23.9. The second-order valence-corrected chi connectivity index (χ2v) is 8.17. The molecule has 0 saturated heterocycles. The van der Waals surface area contributed by atoms with Crippen molar-refractivity contribution >= 4 is 34.3 Å². The molecule has 2 aromatic heterocycles. The Bertz CT molecular complexity index is 1310. The van der Waals surface area contributed by atoms with Crippen LogP contribution in [0.3, 0.4) is 0 Å². The van der Waals surface area contributed by atoms with Gasteiger partial charge in [-0.25, -0.2) is 4.98 Å². The number of anilines is 1. The molecule has 0 aliphatic heterocycles. The van der Waals surface area contributed by atoms with E-state index >= 15 is 0 Å². The number of benzene rings is 1. The molecule has 4 rings (SSSR count). The molecule has 35 heavy (non-hydrogen) atoms. The lowest BCUT2D eigenvalue weighted by atomic mass is 10.1. The van der Waals surface area contributed by atoms with E-state index in [9.17, 15) is 14.4 Å². The van der Waals surface area contributed by atoms with E-state index in [1.54, 1.807) is 29.1 Å². The highest BCUT2D eigenvalue weighted by Gasteiger charge is 2.11. The van der Waals surface area contributed by atoms with Crippen molar-refractivity contribution in [3.05, 3.63) is 77.8 Å². The number of carbonyl (C=O) groups excluding carboxylic acids is 3. The second kappa shape index (κ2) is 11.2. The molecule has 3 amide bonds. The van der Waals surface area contributed by atoms with Crippen molar-refractivity contribution in [3.63, 3.8) is 0 Å². The molecule has 0 atom stereocenters. The number of hydrogen-bond donors (Lipinski definition) is 3. The van der Waals surface area contributed by atoms with E-state index < -0.39 is 0 Å². The molecular formula is C26H28N6O3. The number of nitrogens with one attached hydrogen (secondary N) is 3. The van der Waals surface area contributed by atoms with Gasteiger partial charge in [0.2, 0.25) is 5.91 Å². The number of nitrogens with zero attached hydrogens (tertiary/aromatic N) is 3. The Morgan fingerprint density at radius 1 is 1.03 bits per heavy atom. The second-order valence-electron chi connectivity index (χ2n) is 8.17. The van der Waals surface area contributed by atoms with Crippen LogP contribution in [0.25, 0.3) is 10.9 Å². The molecule has 0 fully saturated rings. The Labute approximate surface area is 203 Å². The van der Waals surface area contributed by atoms with Gasteiger partial charge in [-0.3, -0.25) is 19.1 Å². The maximum atomic E-state index is 12.5. The van der Waals surface area contributed by atoms with Crippen LogP contribution in [0.5, 0.6) is 0 Å². The highest BCUT2D eigenvalue weighted by Crippen LogP contribution is 2.19. The average molecular weight is 473 g/mol. The van der Waals surface area contributed by atoms with Gasteiger partial charge in [0, 0.05) is 41.6 Å². The summed E-state index contributed by atoms with van der Waals surface area (Å²) in [5.41, 5.74) is 3.21. The summed E-state index contributed by atoms with van der Waals surface area (Å²) in [5.74, 6) is -0.626. The van der Waals surface area contributed by atoms with Crippen LogP contribution in [-0.4, -0.2) is 45.6 Å². The van der Waals surface area contributed by atoms with E-state index in [1.807, 2.05) is 43.4 Å². The third kappa shape index (κ3) is 6.41. The van der Waals surface area contributed by atoms with Crippen molar-refractivity contribution < 1.29 is 14.4 Å². The van der Waals surface area contributed by atoms with Crippen LogP contribution in [0.4, 0.5) is 5.69 Å². The van der Waals surface area contributed by atoms with Gasteiger partial charge in [-0.05, 0) is 49.6 Å². The predicted molar refractivity (Wildman–Crippen MR) is 134 cm³/mol. The molecule has 1 aromatic carbocycles. The van der Waals surface area contributed by atoms with Crippen molar-refractivity contribution in [2.75, 3.05) is 18.4 Å². The van der Waals surface area contributed by atoms with Crippen molar-refractivity contribution in [2.24, 2.45) is 0 Å². The minimum atomic E-state index is -0.283. The van der Waals surface area contributed by atoms with E-state index in [0.29, 0.717) is 35.6 Å². The van der Waals surface area contributed by atoms with Crippen LogP contribution in [0.2, 0.25) is 0 Å². The molecule has 2 heterocycles. The molecule has 180 valence electrons. The summed E-state index contributed by atoms with van der Waals surface area (Å²) in [7, 11) is 0. The summed E-state index contributed by atoms with van der Waals surface area (Å²) < 4.78 is 1.55. The van der Waals surface area contributed by atoms with E-state index in [4.69, 9.17) is 0 Å². The standard InChI is InChI=1S/C26H28N6O3/c1-2-20-9-6-10-23(29-20)26(35)30-21-11-12-22-19(15-21)16-32(31-22)17-24(33)27-13-14-28-25(34)18-7-4-3-5-8-18/h4,6-12,15-16H,2-3,5,13-14,17H2,1H3,(H,27,33)(H,28,34)(H,30,35). The van der Waals surface area contributed by atoms with Gasteiger partial charge in [-0.15, -0.1) is 0 Å². The number of fused-ring (bicyclic) bond motifs is 1. The summed E-state index contributed by atoms with van der Waals surface area (Å²) in [4.78, 5) is 41.2. The molecule has 9 nitrogen and oxygen atoms in total. The minimum absolute atomic E-state index is 0.0476. The van der Waals surface area contributed by atoms with Crippen LogP contribution < -0.4 is 16.0 Å². The monoisotopic (exact) mass is 472 g/mol. The zero-order valence-corrected chi connectivity index (χ0v) is 19.6. The van der Waals surface area contributed by atoms with Crippen molar-refractivity contribution in [2.45, 2.75) is 32.7 Å². The molecule has 0 spiro atoms. The van der Waals surface area contributed by atoms with Crippen LogP contribution >= 0.6 is 0 Å². The number of pyridine rings is 1. The first-order valence-electron chi connectivity index (χ1n) is 11.7. The van der Waals surface area contributed by atoms with E-state index in [1.165, 1.54) is 0 Å². The fourth-order valence-corrected chi connectivity index (χ4v) is 3.70. The number of carbonyl (C=O) groups is 3. The largest absolute Gasteiger partial charge is 0.353 e. The highest BCUT2D eigenvalue weighted by molar-refractivity contribution is 6.03. The molecule has 9 heteroatoms. The molecule has 3 N–H and O–H groups in total. The Balaban J connectivity index is 1.28.